The lowest BCUT2D eigenvalue weighted by atomic mass is 9.93. The first kappa shape index (κ1) is 23.7. The summed E-state index contributed by atoms with van der Waals surface area (Å²) in [5.41, 5.74) is 1.66. The number of ether oxygens (including phenoxy) is 2. The van der Waals surface area contributed by atoms with Crippen LogP contribution in [0.4, 0.5) is 9.59 Å². The summed E-state index contributed by atoms with van der Waals surface area (Å²) in [4.78, 5) is 44.6. The van der Waals surface area contributed by atoms with Crippen LogP contribution in [0.2, 0.25) is 0 Å². The molecular formula is C22H31N5O5. The molecule has 2 N–H and O–H groups in total. The molecule has 0 aromatic carbocycles. The molecule has 0 spiro atoms. The third-order valence-corrected chi connectivity index (χ3v) is 5.77. The molecule has 3 rings (SSSR count). The van der Waals surface area contributed by atoms with Gasteiger partial charge < -0.3 is 25.0 Å². The number of nitrogens with one attached hydrogen (secondary N) is 2. The molecule has 3 heterocycles. The van der Waals surface area contributed by atoms with Crippen molar-refractivity contribution in [3.05, 3.63) is 41.4 Å². The van der Waals surface area contributed by atoms with Crippen LogP contribution in [0.3, 0.4) is 0 Å². The number of imide groups is 1. The second-order valence-electron chi connectivity index (χ2n) is 7.85. The number of hydrogen-bond acceptors (Lipinski definition) is 7. The molecule has 0 saturated carbocycles. The standard InChI is InChI=1S/C22H31N5O5/c1-31-15-19-17(20(28)32-2)14-27(22(30)25-19)21(29)24-10-5-11-26-12-7-16(8-13-26)18-6-3-4-9-23-18/h3-4,6,9,16H,5,7-8,10-15H2,1-2H3,(H,24,29)(H,25,30). The highest BCUT2D eigenvalue weighted by molar-refractivity contribution is 6.00. The largest absolute Gasteiger partial charge is 0.466 e. The van der Waals surface area contributed by atoms with Crippen LogP contribution in [-0.2, 0) is 14.3 Å². The van der Waals surface area contributed by atoms with Crippen LogP contribution in [-0.4, -0.2) is 86.4 Å². The van der Waals surface area contributed by atoms with E-state index < -0.39 is 18.0 Å². The van der Waals surface area contributed by atoms with E-state index in [2.05, 4.69) is 26.6 Å². The van der Waals surface area contributed by atoms with Gasteiger partial charge in [-0.2, -0.15) is 0 Å². The molecule has 4 amide bonds. The maximum Gasteiger partial charge on any atom is 0.337 e. The molecule has 0 unspecified atom stereocenters. The summed E-state index contributed by atoms with van der Waals surface area (Å²) in [6.45, 7) is 3.18. The number of pyridine rings is 1. The molecule has 0 aliphatic carbocycles. The van der Waals surface area contributed by atoms with Crippen molar-refractivity contribution in [1.29, 1.82) is 0 Å². The fourth-order valence-electron chi connectivity index (χ4n) is 4.00. The average Bonchev–Trinajstić information content (AvgIpc) is 2.82. The summed E-state index contributed by atoms with van der Waals surface area (Å²) >= 11 is 0. The van der Waals surface area contributed by atoms with Crippen LogP contribution in [0.5, 0.6) is 0 Å². The lowest BCUT2D eigenvalue weighted by Gasteiger charge is -2.32. The molecule has 0 radical (unpaired) electrons. The van der Waals surface area contributed by atoms with Gasteiger partial charge >= 0.3 is 18.0 Å². The normalized spacial score (nSPS) is 17.8. The number of urea groups is 2. The minimum atomic E-state index is -0.607. The van der Waals surface area contributed by atoms with E-state index in [1.54, 1.807) is 0 Å². The quantitative estimate of drug-likeness (QED) is 0.460. The van der Waals surface area contributed by atoms with Crippen molar-refractivity contribution in [2.75, 3.05) is 53.6 Å². The number of nitrogens with zero attached hydrogens (tertiary/aromatic N) is 3. The van der Waals surface area contributed by atoms with Gasteiger partial charge in [-0.1, -0.05) is 6.07 Å². The third-order valence-electron chi connectivity index (χ3n) is 5.77. The Morgan fingerprint density at radius 1 is 1.25 bits per heavy atom. The van der Waals surface area contributed by atoms with Gasteiger partial charge in [0.15, 0.2) is 0 Å². The van der Waals surface area contributed by atoms with Gasteiger partial charge in [-0.05, 0) is 51.0 Å². The predicted octanol–water partition coefficient (Wildman–Crippen LogP) is 1.46. The Bertz CT molecular complexity index is 836. The number of hydrogen-bond donors (Lipinski definition) is 2. The number of likely N-dealkylation sites (tertiary alicyclic amines) is 1. The molecule has 32 heavy (non-hydrogen) atoms. The molecule has 1 fully saturated rings. The molecule has 0 atom stereocenters. The molecule has 1 aromatic heterocycles. The molecule has 2 aliphatic rings. The second-order valence-corrected chi connectivity index (χ2v) is 7.85. The summed E-state index contributed by atoms with van der Waals surface area (Å²) in [6.07, 6.45) is 4.76. The van der Waals surface area contributed by atoms with Crippen molar-refractivity contribution < 1.29 is 23.9 Å². The minimum Gasteiger partial charge on any atom is -0.466 e. The van der Waals surface area contributed by atoms with E-state index in [0.717, 1.165) is 49.5 Å². The SMILES string of the molecule is COCC1=C(C(=O)OC)CN(C(=O)NCCCN2CCC(c3ccccn3)CC2)C(=O)N1. The van der Waals surface area contributed by atoms with E-state index in [1.165, 1.54) is 14.2 Å². The van der Waals surface area contributed by atoms with Crippen molar-refractivity contribution in [1.82, 2.24) is 25.4 Å². The molecule has 10 heteroatoms. The zero-order valence-electron chi connectivity index (χ0n) is 18.6. The monoisotopic (exact) mass is 445 g/mol. The molecule has 0 bridgehead atoms. The van der Waals surface area contributed by atoms with Gasteiger partial charge in [-0.25, -0.2) is 19.3 Å². The number of carbonyl (C=O) groups excluding carboxylic acids is 3. The fraction of sp³-hybridized carbons (Fsp3) is 0.545. The summed E-state index contributed by atoms with van der Waals surface area (Å²) < 4.78 is 9.77. The molecule has 1 saturated heterocycles. The smallest absolute Gasteiger partial charge is 0.337 e. The number of aromatic nitrogens is 1. The molecule has 1 aromatic rings. The predicted molar refractivity (Wildman–Crippen MR) is 117 cm³/mol. The van der Waals surface area contributed by atoms with Gasteiger partial charge in [0.2, 0.25) is 0 Å². The number of methoxy groups -OCH3 is 2. The van der Waals surface area contributed by atoms with Crippen LogP contribution in [0, 0.1) is 0 Å². The number of esters is 1. The number of piperidine rings is 1. The zero-order valence-corrected chi connectivity index (χ0v) is 18.6. The highest BCUT2D eigenvalue weighted by Gasteiger charge is 2.33. The number of rotatable bonds is 8. The van der Waals surface area contributed by atoms with Gasteiger partial charge in [0.25, 0.3) is 0 Å². The van der Waals surface area contributed by atoms with Gasteiger partial charge in [0.1, 0.15) is 0 Å². The average molecular weight is 446 g/mol. The van der Waals surface area contributed by atoms with Crippen molar-refractivity contribution >= 4 is 18.0 Å². The summed E-state index contributed by atoms with van der Waals surface area (Å²) in [6, 6.07) is 4.91. The van der Waals surface area contributed by atoms with Crippen LogP contribution in [0.1, 0.15) is 30.9 Å². The van der Waals surface area contributed by atoms with Crippen LogP contribution < -0.4 is 10.6 Å². The van der Waals surface area contributed by atoms with Crippen molar-refractivity contribution in [2.45, 2.75) is 25.2 Å². The van der Waals surface area contributed by atoms with Crippen LogP contribution >= 0.6 is 0 Å². The van der Waals surface area contributed by atoms with Crippen molar-refractivity contribution in [2.24, 2.45) is 0 Å². The van der Waals surface area contributed by atoms with Crippen molar-refractivity contribution in [3.8, 4) is 0 Å². The van der Waals surface area contributed by atoms with Gasteiger partial charge in [0.05, 0.1) is 31.5 Å². The van der Waals surface area contributed by atoms with Crippen LogP contribution in [0.15, 0.2) is 35.7 Å². The Hall–Kier alpha value is -2.98. The van der Waals surface area contributed by atoms with E-state index >= 15 is 0 Å². The Morgan fingerprint density at radius 2 is 2.03 bits per heavy atom. The first-order chi connectivity index (χ1) is 15.5. The van der Waals surface area contributed by atoms with Gasteiger partial charge in [0, 0.05) is 31.5 Å². The summed E-state index contributed by atoms with van der Waals surface area (Å²) in [7, 11) is 2.70. The lowest BCUT2D eigenvalue weighted by Crippen LogP contribution is -2.54. The molecular weight excluding hydrogens is 414 g/mol. The van der Waals surface area contributed by atoms with Gasteiger partial charge in [-0.15, -0.1) is 0 Å². The summed E-state index contributed by atoms with van der Waals surface area (Å²) in [5.74, 6) is -0.103. The maximum atomic E-state index is 12.5. The minimum absolute atomic E-state index is 0.0443. The van der Waals surface area contributed by atoms with E-state index in [4.69, 9.17) is 9.47 Å². The van der Waals surface area contributed by atoms with E-state index in [0.29, 0.717) is 18.2 Å². The Kier molecular flexibility index (Phi) is 8.57. The Morgan fingerprint density at radius 3 is 2.69 bits per heavy atom. The topological polar surface area (TPSA) is 113 Å². The first-order valence-corrected chi connectivity index (χ1v) is 10.8. The Balaban J connectivity index is 1.41. The lowest BCUT2D eigenvalue weighted by molar-refractivity contribution is -0.136. The fourth-order valence-corrected chi connectivity index (χ4v) is 4.00. The highest BCUT2D eigenvalue weighted by atomic mass is 16.5. The maximum absolute atomic E-state index is 12.5. The van der Waals surface area contributed by atoms with Gasteiger partial charge in [-0.3, -0.25) is 4.98 Å². The van der Waals surface area contributed by atoms with E-state index in [-0.39, 0.29) is 18.7 Å². The number of carbonyl (C=O) groups is 3. The van der Waals surface area contributed by atoms with E-state index in [9.17, 15) is 14.4 Å². The third kappa shape index (κ3) is 6.04. The second kappa shape index (κ2) is 11.6. The molecule has 10 nitrogen and oxygen atoms in total. The number of amides is 4. The van der Waals surface area contributed by atoms with E-state index in [1.807, 2.05) is 18.3 Å². The van der Waals surface area contributed by atoms with Crippen LogP contribution in [0.25, 0.3) is 0 Å². The molecule has 174 valence electrons. The molecule has 2 aliphatic heterocycles. The Labute approximate surface area is 187 Å². The summed E-state index contributed by atoms with van der Waals surface area (Å²) in [5, 5.41) is 5.30. The van der Waals surface area contributed by atoms with Crippen molar-refractivity contribution in [3.63, 3.8) is 0 Å². The zero-order chi connectivity index (χ0) is 22.9. The first-order valence-electron chi connectivity index (χ1n) is 10.8. The highest BCUT2D eigenvalue weighted by Crippen LogP contribution is 2.26.